The fourth-order valence-corrected chi connectivity index (χ4v) is 4.44. The summed E-state index contributed by atoms with van der Waals surface area (Å²) in [5, 5.41) is 3.55. The minimum absolute atomic E-state index is 0.230. The van der Waals surface area contributed by atoms with Crippen LogP contribution in [-0.4, -0.2) is 49.8 Å². The van der Waals surface area contributed by atoms with Crippen LogP contribution >= 0.6 is 23.2 Å². The summed E-state index contributed by atoms with van der Waals surface area (Å²) in [5.41, 5.74) is 0.420. The first-order valence-electron chi connectivity index (χ1n) is 7.94. The van der Waals surface area contributed by atoms with Crippen LogP contribution in [0.25, 0.3) is 0 Å². The van der Waals surface area contributed by atoms with Gasteiger partial charge in [-0.3, -0.25) is 0 Å². The average Bonchev–Trinajstić information content (AvgIpc) is 2.65. The zero-order valence-corrected chi connectivity index (χ0v) is 16.1. The molecular formula is C17H17Cl2N3O3S. The summed E-state index contributed by atoms with van der Waals surface area (Å²) in [6.07, 6.45) is 0. The van der Waals surface area contributed by atoms with Gasteiger partial charge in [-0.15, -0.1) is 0 Å². The lowest BCUT2D eigenvalue weighted by atomic mass is 10.3. The number of anilines is 1. The molecule has 0 aromatic heterocycles. The van der Waals surface area contributed by atoms with Crippen molar-refractivity contribution in [2.45, 2.75) is 4.90 Å². The van der Waals surface area contributed by atoms with Crippen molar-refractivity contribution >= 4 is 44.9 Å². The van der Waals surface area contributed by atoms with Crippen molar-refractivity contribution in [3.8, 4) is 0 Å². The number of urea groups is 1. The van der Waals surface area contributed by atoms with Gasteiger partial charge in [0, 0.05) is 31.2 Å². The number of hydrogen-bond acceptors (Lipinski definition) is 3. The average molecular weight is 414 g/mol. The molecule has 0 radical (unpaired) electrons. The van der Waals surface area contributed by atoms with E-state index in [0.717, 1.165) is 0 Å². The zero-order valence-electron chi connectivity index (χ0n) is 13.7. The van der Waals surface area contributed by atoms with Gasteiger partial charge in [-0.05, 0) is 30.3 Å². The molecule has 9 heteroatoms. The smallest absolute Gasteiger partial charge is 0.321 e. The van der Waals surface area contributed by atoms with Crippen molar-refractivity contribution in [3.05, 3.63) is 58.6 Å². The second-order valence-electron chi connectivity index (χ2n) is 5.76. The molecule has 6 nitrogen and oxygen atoms in total. The van der Waals surface area contributed by atoms with Gasteiger partial charge in [0.2, 0.25) is 10.0 Å². The minimum atomic E-state index is -3.55. The molecule has 0 unspecified atom stereocenters. The van der Waals surface area contributed by atoms with Crippen LogP contribution < -0.4 is 5.32 Å². The summed E-state index contributed by atoms with van der Waals surface area (Å²) in [6, 6.07) is 12.7. The van der Waals surface area contributed by atoms with Gasteiger partial charge in [0.1, 0.15) is 0 Å². The Morgan fingerprint density at radius 1 is 0.962 bits per heavy atom. The van der Waals surface area contributed by atoms with Gasteiger partial charge >= 0.3 is 6.03 Å². The summed E-state index contributed by atoms with van der Waals surface area (Å²) in [4.78, 5) is 14.2. The predicted octanol–water partition coefficient (Wildman–Crippen LogP) is 3.53. The fourth-order valence-electron chi connectivity index (χ4n) is 2.66. The van der Waals surface area contributed by atoms with Gasteiger partial charge in [0.25, 0.3) is 0 Å². The largest absolute Gasteiger partial charge is 0.322 e. The van der Waals surface area contributed by atoms with Crippen LogP contribution in [0.3, 0.4) is 0 Å². The van der Waals surface area contributed by atoms with Crippen LogP contribution in [0.4, 0.5) is 10.5 Å². The Labute approximate surface area is 162 Å². The number of halogens is 2. The number of piperazine rings is 1. The first-order valence-corrected chi connectivity index (χ1v) is 10.1. The first-order chi connectivity index (χ1) is 12.4. The number of nitrogens with one attached hydrogen (secondary N) is 1. The van der Waals surface area contributed by atoms with E-state index in [1.807, 2.05) is 0 Å². The second-order valence-corrected chi connectivity index (χ2v) is 8.54. The van der Waals surface area contributed by atoms with Crippen LogP contribution in [0.1, 0.15) is 0 Å². The standard InChI is InChI=1S/C17H17Cl2N3O3S/c18-13-6-7-15(19)16(12-13)20-17(23)21-8-10-22(11-9-21)26(24,25)14-4-2-1-3-5-14/h1-7,12H,8-11H2,(H,20,23). The number of benzene rings is 2. The topological polar surface area (TPSA) is 69.7 Å². The Bertz CT molecular complexity index is 899. The molecule has 2 aromatic carbocycles. The first kappa shape index (κ1) is 19.0. The van der Waals surface area contributed by atoms with Crippen molar-refractivity contribution in [2.75, 3.05) is 31.5 Å². The van der Waals surface area contributed by atoms with Gasteiger partial charge in [-0.25, -0.2) is 13.2 Å². The molecule has 0 atom stereocenters. The van der Waals surface area contributed by atoms with E-state index in [2.05, 4.69) is 5.32 Å². The summed E-state index contributed by atoms with van der Waals surface area (Å²) in [6.45, 7) is 1.04. The minimum Gasteiger partial charge on any atom is -0.322 e. The molecule has 1 N–H and O–H groups in total. The molecule has 1 aliphatic heterocycles. The number of carbonyl (C=O) groups excluding carboxylic acids is 1. The molecule has 1 heterocycles. The van der Waals surface area contributed by atoms with E-state index in [4.69, 9.17) is 23.2 Å². The molecule has 138 valence electrons. The maximum atomic E-state index is 12.6. The van der Waals surface area contributed by atoms with Gasteiger partial charge in [-0.2, -0.15) is 4.31 Å². The molecule has 1 saturated heterocycles. The molecule has 1 fully saturated rings. The highest BCUT2D eigenvalue weighted by molar-refractivity contribution is 7.89. The number of sulfonamides is 1. The van der Waals surface area contributed by atoms with Crippen molar-refractivity contribution < 1.29 is 13.2 Å². The lowest BCUT2D eigenvalue weighted by Crippen LogP contribution is -2.51. The molecule has 1 aliphatic rings. The Morgan fingerprint density at radius 3 is 2.27 bits per heavy atom. The fraction of sp³-hybridized carbons (Fsp3) is 0.235. The van der Waals surface area contributed by atoms with E-state index >= 15 is 0 Å². The predicted molar refractivity (Wildman–Crippen MR) is 102 cm³/mol. The Balaban J connectivity index is 1.63. The van der Waals surface area contributed by atoms with E-state index in [9.17, 15) is 13.2 Å². The highest BCUT2D eigenvalue weighted by Gasteiger charge is 2.30. The van der Waals surface area contributed by atoms with Gasteiger partial charge in [-0.1, -0.05) is 41.4 Å². The third kappa shape index (κ3) is 4.12. The molecular weight excluding hydrogens is 397 g/mol. The molecule has 26 heavy (non-hydrogen) atoms. The zero-order chi connectivity index (χ0) is 18.7. The Hall–Kier alpha value is -1.80. The summed E-state index contributed by atoms with van der Waals surface area (Å²) < 4.78 is 26.6. The van der Waals surface area contributed by atoms with Crippen LogP contribution in [0.5, 0.6) is 0 Å². The van der Waals surface area contributed by atoms with E-state index in [-0.39, 0.29) is 37.1 Å². The van der Waals surface area contributed by atoms with E-state index in [0.29, 0.717) is 15.7 Å². The Morgan fingerprint density at radius 2 is 1.62 bits per heavy atom. The van der Waals surface area contributed by atoms with Crippen LogP contribution in [0, 0.1) is 0 Å². The molecule has 0 saturated carbocycles. The molecule has 2 aromatic rings. The molecule has 0 aliphatic carbocycles. The number of nitrogens with zero attached hydrogens (tertiary/aromatic N) is 2. The summed E-state index contributed by atoms with van der Waals surface area (Å²) in [5.74, 6) is 0. The van der Waals surface area contributed by atoms with Crippen molar-refractivity contribution in [1.82, 2.24) is 9.21 Å². The van der Waals surface area contributed by atoms with E-state index in [1.54, 1.807) is 53.4 Å². The SMILES string of the molecule is O=C(Nc1cc(Cl)ccc1Cl)N1CCN(S(=O)(=O)c2ccccc2)CC1. The van der Waals surface area contributed by atoms with Gasteiger partial charge < -0.3 is 10.2 Å². The van der Waals surface area contributed by atoms with Gasteiger partial charge in [0.15, 0.2) is 0 Å². The van der Waals surface area contributed by atoms with E-state index < -0.39 is 10.0 Å². The normalized spacial score (nSPS) is 15.7. The molecule has 0 bridgehead atoms. The van der Waals surface area contributed by atoms with Crippen molar-refractivity contribution in [3.63, 3.8) is 0 Å². The van der Waals surface area contributed by atoms with Gasteiger partial charge in [0.05, 0.1) is 15.6 Å². The van der Waals surface area contributed by atoms with Crippen LogP contribution in [0.15, 0.2) is 53.4 Å². The lowest BCUT2D eigenvalue weighted by molar-refractivity contribution is 0.184. The lowest BCUT2D eigenvalue weighted by Gasteiger charge is -2.34. The second kappa shape index (κ2) is 7.84. The highest BCUT2D eigenvalue weighted by atomic mass is 35.5. The van der Waals surface area contributed by atoms with Crippen LogP contribution in [0.2, 0.25) is 10.0 Å². The number of rotatable bonds is 3. The van der Waals surface area contributed by atoms with E-state index in [1.165, 1.54) is 4.31 Å². The van der Waals surface area contributed by atoms with Crippen LogP contribution in [-0.2, 0) is 10.0 Å². The molecule has 2 amide bonds. The number of carbonyl (C=O) groups is 1. The maximum Gasteiger partial charge on any atom is 0.321 e. The third-order valence-corrected chi connectivity index (χ3v) is 6.55. The molecule has 0 spiro atoms. The van der Waals surface area contributed by atoms with Crippen molar-refractivity contribution in [1.29, 1.82) is 0 Å². The highest BCUT2D eigenvalue weighted by Crippen LogP contribution is 2.26. The quantitative estimate of drug-likeness (QED) is 0.836. The number of amides is 2. The Kier molecular flexibility index (Phi) is 5.72. The monoisotopic (exact) mass is 413 g/mol. The van der Waals surface area contributed by atoms with Crippen molar-refractivity contribution in [2.24, 2.45) is 0 Å². The maximum absolute atomic E-state index is 12.6. The number of hydrogen-bond donors (Lipinski definition) is 1. The molecule has 3 rings (SSSR count). The summed E-state index contributed by atoms with van der Waals surface area (Å²) >= 11 is 12.0. The third-order valence-electron chi connectivity index (χ3n) is 4.08. The summed E-state index contributed by atoms with van der Waals surface area (Å²) in [7, 11) is -3.55.